The van der Waals surface area contributed by atoms with E-state index in [1.807, 2.05) is 30.3 Å². The Morgan fingerprint density at radius 1 is 0.938 bits per heavy atom. The van der Waals surface area contributed by atoms with Crippen molar-refractivity contribution in [1.29, 1.82) is 0 Å². The van der Waals surface area contributed by atoms with Crippen molar-refractivity contribution in [3.63, 3.8) is 0 Å². The van der Waals surface area contributed by atoms with Gasteiger partial charge in [-0.25, -0.2) is 0 Å². The molecule has 4 N–H and O–H groups in total. The van der Waals surface area contributed by atoms with Crippen LogP contribution in [0.2, 0.25) is 5.02 Å². The number of ether oxygens (including phenoxy) is 3. The predicted octanol–water partition coefficient (Wildman–Crippen LogP) is 2.00. The van der Waals surface area contributed by atoms with Gasteiger partial charge in [0.05, 0.1) is 19.8 Å². The Hall–Kier alpha value is -1.71. The van der Waals surface area contributed by atoms with Gasteiger partial charge in [-0.2, -0.15) is 0 Å². The Morgan fingerprint density at radius 2 is 1.66 bits per heavy atom. The zero-order valence-corrected chi connectivity index (χ0v) is 18.4. The second kappa shape index (κ2) is 10.5. The summed E-state index contributed by atoms with van der Waals surface area (Å²) in [4.78, 5) is 0. The average molecular weight is 465 g/mol. The van der Waals surface area contributed by atoms with Crippen LogP contribution in [0.4, 0.5) is 0 Å². The number of rotatable bonds is 6. The smallest absolute Gasteiger partial charge is 0.119 e. The molecular weight excluding hydrogens is 436 g/mol. The summed E-state index contributed by atoms with van der Waals surface area (Å²) in [6.45, 7) is 0.988. The van der Waals surface area contributed by atoms with Gasteiger partial charge in [0.1, 0.15) is 42.4 Å². The van der Waals surface area contributed by atoms with Crippen LogP contribution in [0.3, 0.4) is 0 Å². The molecule has 0 bridgehead atoms. The molecule has 2 aromatic rings. The van der Waals surface area contributed by atoms with Crippen LogP contribution in [0, 0.1) is 0 Å². The Labute approximate surface area is 192 Å². The van der Waals surface area contributed by atoms with Crippen molar-refractivity contribution in [2.45, 2.75) is 55.9 Å². The van der Waals surface area contributed by atoms with Gasteiger partial charge in [-0.1, -0.05) is 35.9 Å². The minimum Gasteiger partial charge on any atom is -0.490 e. The topological polar surface area (TPSA) is 109 Å². The Morgan fingerprint density at radius 3 is 2.34 bits per heavy atom. The van der Waals surface area contributed by atoms with Gasteiger partial charge in [-0.15, -0.1) is 0 Å². The minimum atomic E-state index is -1.42. The van der Waals surface area contributed by atoms with E-state index >= 15 is 0 Å². The summed E-state index contributed by atoms with van der Waals surface area (Å²) >= 11 is 6.42. The molecule has 2 aliphatic rings. The third-order valence-electron chi connectivity index (χ3n) is 6.08. The molecule has 2 aliphatic heterocycles. The summed E-state index contributed by atoms with van der Waals surface area (Å²) in [5.41, 5.74) is 2.48. The molecule has 0 amide bonds. The van der Waals surface area contributed by atoms with Crippen molar-refractivity contribution in [1.82, 2.24) is 0 Å². The summed E-state index contributed by atoms with van der Waals surface area (Å²) in [5.74, 6) is 0.821. The van der Waals surface area contributed by atoms with Crippen molar-refractivity contribution < 1.29 is 34.6 Å². The molecule has 0 aromatic heterocycles. The first kappa shape index (κ1) is 23.4. The van der Waals surface area contributed by atoms with E-state index in [0.717, 1.165) is 42.9 Å². The highest BCUT2D eigenvalue weighted by atomic mass is 35.5. The molecule has 4 rings (SSSR count). The van der Waals surface area contributed by atoms with Gasteiger partial charge >= 0.3 is 0 Å². The molecule has 7 nitrogen and oxygen atoms in total. The van der Waals surface area contributed by atoms with Crippen molar-refractivity contribution in [2.24, 2.45) is 0 Å². The highest BCUT2D eigenvalue weighted by molar-refractivity contribution is 6.31. The van der Waals surface area contributed by atoms with E-state index in [2.05, 4.69) is 0 Å². The van der Waals surface area contributed by atoms with E-state index in [-0.39, 0.29) is 6.10 Å². The highest BCUT2D eigenvalue weighted by Crippen LogP contribution is 2.34. The van der Waals surface area contributed by atoms with Gasteiger partial charge in [0, 0.05) is 17.9 Å². The first-order chi connectivity index (χ1) is 15.5. The Balaban J connectivity index is 1.47. The van der Waals surface area contributed by atoms with Crippen LogP contribution in [-0.4, -0.2) is 70.8 Å². The number of halogens is 1. The molecule has 2 aromatic carbocycles. The molecule has 0 spiro atoms. The summed E-state index contributed by atoms with van der Waals surface area (Å²) in [6.07, 6.45) is -3.47. The average Bonchev–Trinajstić information content (AvgIpc) is 2.81. The molecule has 5 atom stereocenters. The fourth-order valence-electron chi connectivity index (χ4n) is 4.18. The molecule has 2 fully saturated rings. The summed E-state index contributed by atoms with van der Waals surface area (Å²) < 4.78 is 17.1. The second-order valence-corrected chi connectivity index (χ2v) is 8.76. The normalized spacial score (nSPS) is 29.1. The van der Waals surface area contributed by atoms with Gasteiger partial charge in [-0.05, 0) is 41.3 Å². The Kier molecular flexibility index (Phi) is 7.68. The zero-order chi connectivity index (χ0) is 22.7. The maximum Gasteiger partial charge on any atom is 0.119 e. The van der Waals surface area contributed by atoms with Crippen LogP contribution >= 0.6 is 11.6 Å². The molecule has 0 aliphatic carbocycles. The van der Waals surface area contributed by atoms with E-state index in [4.69, 9.17) is 25.8 Å². The summed E-state index contributed by atoms with van der Waals surface area (Å²) in [6, 6.07) is 13.1. The van der Waals surface area contributed by atoms with Crippen LogP contribution in [0.25, 0.3) is 0 Å². The van der Waals surface area contributed by atoms with Gasteiger partial charge in [-0.3, -0.25) is 0 Å². The zero-order valence-electron chi connectivity index (χ0n) is 17.6. The van der Waals surface area contributed by atoms with E-state index in [1.165, 1.54) is 0 Å². The minimum absolute atomic E-state index is 0.180. The molecule has 2 heterocycles. The summed E-state index contributed by atoms with van der Waals surface area (Å²) in [5, 5.41) is 40.5. The molecule has 2 saturated heterocycles. The quantitative estimate of drug-likeness (QED) is 0.517. The molecule has 174 valence electrons. The number of benzene rings is 2. The fraction of sp³-hybridized carbons (Fsp3) is 0.500. The third-order valence-corrected chi connectivity index (χ3v) is 6.45. The van der Waals surface area contributed by atoms with Crippen LogP contribution < -0.4 is 4.74 Å². The SMILES string of the molecule is OC[C@H]1OC(c2ccc(Cl)c(Cc3ccc(OC4CCOCC4)cc3)c2)[C@H](O)[C@@H](O)[C@@H]1O. The first-order valence-electron chi connectivity index (χ1n) is 10.9. The fourth-order valence-corrected chi connectivity index (χ4v) is 4.36. The van der Waals surface area contributed by atoms with Crippen molar-refractivity contribution in [2.75, 3.05) is 19.8 Å². The molecular formula is C24H29ClO7. The summed E-state index contributed by atoms with van der Waals surface area (Å²) in [7, 11) is 0. The predicted molar refractivity (Wildman–Crippen MR) is 118 cm³/mol. The lowest BCUT2D eigenvalue weighted by molar-refractivity contribution is -0.231. The van der Waals surface area contributed by atoms with Gasteiger partial charge in [0.25, 0.3) is 0 Å². The number of hydrogen-bond acceptors (Lipinski definition) is 7. The first-order valence-corrected chi connectivity index (χ1v) is 11.3. The number of aliphatic hydroxyl groups is 4. The third kappa shape index (κ3) is 5.26. The molecule has 1 unspecified atom stereocenters. The molecule has 8 heteroatoms. The van der Waals surface area contributed by atoms with E-state index < -0.39 is 37.1 Å². The van der Waals surface area contributed by atoms with E-state index in [9.17, 15) is 20.4 Å². The second-order valence-electron chi connectivity index (χ2n) is 8.35. The van der Waals surface area contributed by atoms with Crippen LogP contribution in [0.5, 0.6) is 5.75 Å². The monoisotopic (exact) mass is 464 g/mol. The van der Waals surface area contributed by atoms with Crippen molar-refractivity contribution >= 4 is 11.6 Å². The lowest BCUT2D eigenvalue weighted by Gasteiger charge is -2.40. The molecule has 0 radical (unpaired) electrons. The van der Waals surface area contributed by atoms with Gasteiger partial charge in [0.15, 0.2) is 0 Å². The maximum absolute atomic E-state index is 10.4. The lowest BCUT2D eigenvalue weighted by atomic mass is 9.90. The van der Waals surface area contributed by atoms with Gasteiger partial charge in [0.2, 0.25) is 0 Å². The molecule has 32 heavy (non-hydrogen) atoms. The van der Waals surface area contributed by atoms with Crippen LogP contribution in [0.1, 0.15) is 35.6 Å². The standard InChI is InChI=1S/C24H29ClO7/c25-19-6-3-15(24-23(29)22(28)21(27)20(13-26)32-24)12-16(19)11-14-1-4-17(5-2-14)31-18-7-9-30-10-8-18/h1-6,12,18,20-24,26-29H,7-11,13H2/t20-,21-,22+,23-,24?/m1/s1. The molecule has 0 saturated carbocycles. The van der Waals surface area contributed by atoms with E-state index in [1.54, 1.807) is 12.1 Å². The lowest BCUT2D eigenvalue weighted by Crippen LogP contribution is -2.55. The van der Waals surface area contributed by atoms with Crippen LogP contribution in [0.15, 0.2) is 42.5 Å². The largest absolute Gasteiger partial charge is 0.490 e. The van der Waals surface area contributed by atoms with Crippen molar-refractivity contribution in [3.05, 3.63) is 64.2 Å². The number of aliphatic hydroxyl groups excluding tert-OH is 4. The maximum atomic E-state index is 10.4. The van der Waals surface area contributed by atoms with Gasteiger partial charge < -0.3 is 34.6 Å². The van der Waals surface area contributed by atoms with E-state index in [0.29, 0.717) is 17.0 Å². The van der Waals surface area contributed by atoms with Crippen LogP contribution in [-0.2, 0) is 15.9 Å². The number of hydrogen-bond donors (Lipinski definition) is 4. The van der Waals surface area contributed by atoms with Crippen molar-refractivity contribution in [3.8, 4) is 5.75 Å². The highest BCUT2D eigenvalue weighted by Gasteiger charge is 2.44. The Bertz CT molecular complexity index is 882.